The van der Waals surface area contributed by atoms with Crippen LogP contribution in [0.1, 0.15) is 38.5 Å². The van der Waals surface area contributed by atoms with Crippen LogP contribution in [0.2, 0.25) is 0 Å². The second-order valence-corrected chi connectivity index (χ2v) is 6.74. The Morgan fingerprint density at radius 1 is 0.800 bits per heavy atom. The van der Waals surface area contributed by atoms with E-state index in [4.69, 9.17) is 9.68 Å². The Hall–Kier alpha value is -3.09. The zero-order valence-electron chi connectivity index (χ0n) is 15.7. The number of carbonyl (C=O) groups excluding carboxylic acids is 7. The highest BCUT2D eigenvalue weighted by molar-refractivity contribution is 9.11. The second-order valence-electron chi connectivity index (χ2n) is 6.21. The molecule has 2 aliphatic heterocycles. The minimum absolute atomic E-state index is 0.0447. The van der Waals surface area contributed by atoms with E-state index in [0.717, 1.165) is 11.0 Å². The Morgan fingerprint density at radius 2 is 1.17 bits per heavy atom. The first-order chi connectivity index (χ1) is 14.2. The molecule has 13 heteroatoms. The molecule has 162 valence electrons. The van der Waals surface area contributed by atoms with E-state index in [-0.39, 0.29) is 51.6 Å². The Morgan fingerprint density at radius 3 is 1.50 bits per heavy atom. The van der Waals surface area contributed by atoms with Crippen molar-refractivity contribution in [2.24, 2.45) is 0 Å². The standard InChI is InChI=1S/C17H18BrN3O9/c18-8-5-11(22)19(9-6-16(27)29-20-12(23)1-2-13(20)24)10-7-17(28)30-21-14(25)3-4-15(21)26/h5,8H,1-4,6-7,9-10H2/b8-5+. The van der Waals surface area contributed by atoms with Gasteiger partial charge in [-0.15, -0.1) is 10.1 Å². The lowest BCUT2D eigenvalue weighted by atomic mass is 10.3. The molecule has 0 saturated carbocycles. The van der Waals surface area contributed by atoms with Crippen molar-refractivity contribution in [3.8, 4) is 0 Å². The molecule has 2 fully saturated rings. The van der Waals surface area contributed by atoms with Gasteiger partial charge in [-0.3, -0.25) is 24.0 Å². The highest BCUT2D eigenvalue weighted by atomic mass is 79.9. The highest BCUT2D eigenvalue weighted by Gasteiger charge is 2.34. The normalized spacial score (nSPS) is 16.6. The zero-order chi connectivity index (χ0) is 22.3. The van der Waals surface area contributed by atoms with Crippen LogP contribution in [-0.2, 0) is 43.2 Å². The SMILES string of the molecule is O=C(CCN(CCC(=O)ON1C(=O)CCC1=O)C(=O)/C=C/Br)ON1C(=O)CCC1=O. The lowest BCUT2D eigenvalue weighted by Gasteiger charge is -2.21. The van der Waals surface area contributed by atoms with Gasteiger partial charge in [0.25, 0.3) is 23.6 Å². The summed E-state index contributed by atoms with van der Waals surface area (Å²) in [7, 11) is 0. The number of hydroxylamine groups is 4. The van der Waals surface area contributed by atoms with E-state index in [2.05, 4.69) is 15.9 Å². The van der Waals surface area contributed by atoms with Crippen LogP contribution < -0.4 is 0 Å². The summed E-state index contributed by atoms with van der Waals surface area (Å²) in [6.45, 7) is -0.361. The molecule has 2 heterocycles. The van der Waals surface area contributed by atoms with Crippen LogP contribution in [0.3, 0.4) is 0 Å². The van der Waals surface area contributed by atoms with Crippen LogP contribution in [0, 0.1) is 0 Å². The summed E-state index contributed by atoms with van der Waals surface area (Å²) in [5, 5.41) is 0.794. The average Bonchev–Trinajstić information content (AvgIpc) is 3.18. The molecule has 0 atom stereocenters. The molecule has 5 amide bonds. The van der Waals surface area contributed by atoms with Crippen molar-refractivity contribution in [2.75, 3.05) is 13.1 Å². The van der Waals surface area contributed by atoms with Crippen molar-refractivity contribution >= 4 is 57.4 Å². The Kier molecular flexibility index (Phi) is 8.21. The molecular weight excluding hydrogens is 470 g/mol. The summed E-state index contributed by atoms with van der Waals surface area (Å²) in [6.07, 6.45) is 0.257. The summed E-state index contributed by atoms with van der Waals surface area (Å²) in [4.78, 5) is 93.7. The number of hydrogen-bond acceptors (Lipinski definition) is 9. The van der Waals surface area contributed by atoms with Crippen molar-refractivity contribution in [1.29, 1.82) is 0 Å². The first-order valence-corrected chi connectivity index (χ1v) is 9.83. The van der Waals surface area contributed by atoms with Crippen molar-refractivity contribution in [3.05, 3.63) is 11.1 Å². The first-order valence-electron chi connectivity index (χ1n) is 8.91. The van der Waals surface area contributed by atoms with Gasteiger partial charge in [0.05, 0.1) is 12.8 Å². The van der Waals surface area contributed by atoms with Gasteiger partial charge in [0, 0.05) is 44.8 Å². The number of hydrogen-bond donors (Lipinski definition) is 0. The van der Waals surface area contributed by atoms with Gasteiger partial charge >= 0.3 is 11.9 Å². The summed E-state index contributed by atoms with van der Waals surface area (Å²) >= 11 is 2.95. The predicted molar refractivity (Wildman–Crippen MR) is 98.2 cm³/mol. The van der Waals surface area contributed by atoms with E-state index >= 15 is 0 Å². The summed E-state index contributed by atoms with van der Waals surface area (Å²) < 4.78 is 0. The van der Waals surface area contributed by atoms with Gasteiger partial charge in [0.15, 0.2) is 0 Å². The summed E-state index contributed by atoms with van der Waals surface area (Å²) in [5.41, 5.74) is 0. The van der Waals surface area contributed by atoms with Gasteiger partial charge in [-0.1, -0.05) is 15.9 Å². The fourth-order valence-corrected chi connectivity index (χ4v) is 2.78. The third kappa shape index (κ3) is 6.20. The quantitative estimate of drug-likeness (QED) is 0.316. The number of nitrogens with zero attached hydrogens (tertiary/aromatic N) is 3. The maximum absolute atomic E-state index is 12.1. The van der Waals surface area contributed by atoms with Crippen molar-refractivity contribution in [2.45, 2.75) is 38.5 Å². The molecule has 0 aromatic heterocycles. The Balaban J connectivity index is 1.86. The Labute approximate surface area is 178 Å². The number of imide groups is 2. The molecule has 0 radical (unpaired) electrons. The number of rotatable bonds is 9. The monoisotopic (exact) mass is 487 g/mol. The highest BCUT2D eigenvalue weighted by Crippen LogP contribution is 2.14. The molecule has 2 saturated heterocycles. The number of halogens is 1. The maximum atomic E-state index is 12.1. The van der Waals surface area contributed by atoms with E-state index in [1.165, 1.54) is 4.99 Å². The van der Waals surface area contributed by atoms with Gasteiger partial charge in [-0.25, -0.2) is 9.59 Å². The molecular formula is C17H18BrN3O9. The van der Waals surface area contributed by atoms with E-state index in [1.54, 1.807) is 0 Å². The van der Waals surface area contributed by atoms with Gasteiger partial charge in [0.2, 0.25) is 5.91 Å². The molecule has 30 heavy (non-hydrogen) atoms. The lowest BCUT2D eigenvalue weighted by molar-refractivity contribution is -0.198. The van der Waals surface area contributed by atoms with Crippen LogP contribution >= 0.6 is 15.9 Å². The third-order valence-corrected chi connectivity index (χ3v) is 4.35. The smallest absolute Gasteiger partial charge is 0.334 e. The fourth-order valence-electron chi connectivity index (χ4n) is 2.55. The fraction of sp³-hybridized carbons (Fsp3) is 0.471. The van der Waals surface area contributed by atoms with Crippen LogP contribution in [0.25, 0.3) is 0 Å². The molecule has 0 unspecified atom stereocenters. The molecule has 0 aromatic rings. The van der Waals surface area contributed by atoms with Crippen LogP contribution in [0.15, 0.2) is 11.1 Å². The Bertz CT molecular complexity index is 724. The predicted octanol–water partition coefficient (Wildman–Crippen LogP) is -0.282. The molecule has 2 aliphatic rings. The average molecular weight is 488 g/mol. The molecule has 2 rings (SSSR count). The molecule has 0 spiro atoms. The van der Waals surface area contributed by atoms with Crippen molar-refractivity contribution in [1.82, 2.24) is 15.0 Å². The van der Waals surface area contributed by atoms with E-state index < -0.39 is 41.5 Å². The van der Waals surface area contributed by atoms with Gasteiger partial charge in [-0.05, 0) is 4.99 Å². The first kappa shape index (κ1) is 23.2. The molecule has 0 aromatic carbocycles. The summed E-state index contributed by atoms with van der Waals surface area (Å²) in [5.74, 6) is -4.87. The lowest BCUT2D eigenvalue weighted by Crippen LogP contribution is -2.37. The number of carbonyl (C=O) groups is 7. The zero-order valence-corrected chi connectivity index (χ0v) is 17.3. The summed E-state index contributed by atoms with van der Waals surface area (Å²) in [6, 6.07) is 0. The van der Waals surface area contributed by atoms with Gasteiger partial charge < -0.3 is 14.6 Å². The second kappa shape index (κ2) is 10.6. The topological polar surface area (TPSA) is 148 Å². The molecule has 0 bridgehead atoms. The molecule has 0 N–H and O–H groups in total. The number of amides is 5. The van der Waals surface area contributed by atoms with Crippen LogP contribution in [0.5, 0.6) is 0 Å². The largest absolute Gasteiger partial charge is 0.338 e. The van der Waals surface area contributed by atoms with E-state index in [0.29, 0.717) is 10.1 Å². The minimum Gasteiger partial charge on any atom is -0.338 e. The van der Waals surface area contributed by atoms with Crippen LogP contribution in [-0.4, -0.2) is 69.6 Å². The van der Waals surface area contributed by atoms with E-state index in [9.17, 15) is 33.6 Å². The van der Waals surface area contributed by atoms with Crippen molar-refractivity contribution < 1.29 is 43.2 Å². The molecule has 0 aliphatic carbocycles. The van der Waals surface area contributed by atoms with E-state index in [1.807, 2.05) is 0 Å². The van der Waals surface area contributed by atoms with Crippen molar-refractivity contribution in [3.63, 3.8) is 0 Å². The minimum atomic E-state index is -0.907. The van der Waals surface area contributed by atoms with Crippen LogP contribution in [0.4, 0.5) is 0 Å². The van der Waals surface area contributed by atoms with Gasteiger partial charge in [-0.2, -0.15) is 0 Å². The third-order valence-electron chi connectivity index (χ3n) is 4.09. The van der Waals surface area contributed by atoms with Gasteiger partial charge in [0.1, 0.15) is 0 Å². The maximum Gasteiger partial charge on any atom is 0.334 e. The molecule has 12 nitrogen and oxygen atoms in total.